The predicted octanol–water partition coefficient (Wildman–Crippen LogP) is 5.23. The molecule has 0 saturated heterocycles. The summed E-state index contributed by atoms with van der Waals surface area (Å²) in [6, 6.07) is 2.75. The zero-order valence-electron chi connectivity index (χ0n) is 8.36. The molecule has 0 fully saturated rings. The van der Waals surface area contributed by atoms with Gasteiger partial charge in [0.05, 0.1) is 4.83 Å². The fraction of sp³-hybridized carbons (Fsp3) is 0.556. The monoisotopic (exact) mass is 340 g/mol. The largest absolute Gasteiger partial charge is 0.401 e. The Balaban J connectivity index is 3.08. The topological polar surface area (TPSA) is 0 Å². The molecule has 0 radical (unpaired) electrons. The van der Waals surface area contributed by atoms with Crippen molar-refractivity contribution in [3.8, 4) is 0 Å². The first-order chi connectivity index (χ1) is 7.53. The van der Waals surface area contributed by atoms with Crippen LogP contribution in [0, 0.1) is 12.8 Å². The molecule has 0 aromatic carbocycles. The molecular formula is C9H7BrF6S. The standard InChI is InChI=1S/C9H7BrF6S/c1-4-2-3-5(17-4)6(10)7(8(11,12)13)9(14,15)16/h2-3,6-7H,1H3. The summed E-state index contributed by atoms with van der Waals surface area (Å²) < 4.78 is 74.5. The molecule has 0 amide bonds. The molecule has 1 aromatic rings. The Morgan fingerprint density at radius 2 is 1.53 bits per heavy atom. The highest BCUT2D eigenvalue weighted by molar-refractivity contribution is 9.09. The van der Waals surface area contributed by atoms with Gasteiger partial charge >= 0.3 is 12.4 Å². The first-order valence-electron chi connectivity index (χ1n) is 4.37. The van der Waals surface area contributed by atoms with Crippen LogP contribution in [0.4, 0.5) is 26.3 Å². The van der Waals surface area contributed by atoms with Crippen LogP contribution in [0.25, 0.3) is 0 Å². The third-order valence-corrected chi connectivity index (χ3v) is 4.44. The van der Waals surface area contributed by atoms with Gasteiger partial charge in [0, 0.05) is 9.75 Å². The molecular weight excluding hydrogens is 334 g/mol. The minimum Gasteiger partial charge on any atom is -0.170 e. The summed E-state index contributed by atoms with van der Waals surface area (Å²) in [5.41, 5.74) is 0. The summed E-state index contributed by atoms with van der Waals surface area (Å²) in [7, 11) is 0. The fourth-order valence-electron chi connectivity index (χ4n) is 1.28. The van der Waals surface area contributed by atoms with E-state index in [1.54, 1.807) is 6.92 Å². The molecule has 0 aliphatic carbocycles. The number of hydrogen-bond donors (Lipinski definition) is 0. The second kappa shape index (κ2) is 4.79. The van der Waals surface area contributed by atoms with Gasteiger partial charge in [-0.15, -0.1) is 11.3 Å². The van der Waals surface area contributed by atoms with Crippen molar-refractivity contribution in [3.63, 3.8) is 0 Å². The van der Waals surface area contributed by atoms with Crippen molar-refractivity contribution in [2.24, 2.45) is 5.92 Å². The molecule has 0 nitrogen and oxygen atoms in total. The Morgan fingerprint density at radius 1 is 1.06 bits per heavy atom. The van der Waals surface area contributed by atoms with Crippen LogP contribution >= 0.6 is 27.3 Å². The summed E-state index contributed by atoms with van der Waals surface area (Å²) in [6.07, 6.45) is -10.7. The van der Waals surface area contributed by atoms with E-state index >= 15 is 0 Å². The first-order valence-corrected chi connectivity index (χ1v) is 6.10. The Kier molecular flexibility index (Phi) is 4.18. The molecule has 0 aliphatic rings. The molecule has 98 valence electrons. The summed E-state index contributed by atoms with van der Waals surface area (Å²) in [5.74, 6) is -3.40. The summed E-state index contributed by atoms with van der Waals surface area (Å²) in [4.78, 5) is -1.13. The lowest BCUT2D eigenvalue weighted by molar-refractivity contribution is -0.283. The Labute approximate surface area is 106 Å². The van der Waals surface area contributed by atoms with Gasteiger partial charge in [-0.25, -0.2) is 0 Å². The number of rotatable bonds is 2. The number of halogens is 7. The highest BCUT2D eigenvalue weighted by Crippen LogP contribution is 2.51. The van der Waals surface area contributed by atoms with Crippen LogP contribution in [0.3, 0.4) is 0 Å². The number of alkyl halides is 7. The van der Waals surface area contributed by atoms with Crippen LogP contribution in [0.15, 0.2) is 12.1 Å². The maximum Gasteiger partial charge on any atom is 0.401 e. The third kappa shape index (κ3) is 3.61. The van der Waals surface area contributed by atoms with Gasteiger partial charge in [-0.05, 0) is 19.1 Å². The predicted molar refractivity (Wildman–Crippen MR) is 56.3 cm³/mol. The van der Waals surface area contributed by atoms with E-state index in [1.807, 2.05) is 0 Å². The van der Waals surface area contributed by atoms with Gasteiger partial charge in [-0.2, -0.15) is 26.3 Å². The highest BCUT2D eigenvalue weighted by atomic mass is 79.9. The summed E-state index contributed by atoms with van der Waals surface area (Å²) in [5, 5.41) is 0. The van der Waals surface area contributed by atoms with Crippen LogP contribution < -0.4 is 0 Å². The molecule has 1 rings (SSSR count). The Morgan fingerprint density at radius 3 is 1.82 bits per heavy atom. The van der Waals surface area contributed by atoms with Gasteiger partial charge in [-0.1, -0.05) is 15.9 Å². The third-order valence-electron chi connectivity index (χ3n) is 2.03. The molecule has 1 atom stereocenters. The van der Waals surface area contributed by atoms with Crippen LogP contribution in [-0.2, 0) is 0 Å². The average Bonchev–Trinajstić information content (AvgIpc) is 2.45. The second-order valence-corrected chi connectivity index (χ2v) is 5.72. The zero-order valence-corrected chi connectivity index (χ0v) is 10.8. The minimum absolute atomic E-state index is 0.0159. The van der Waals surface area contributed by atoms with Gasteiger partial charge in [0.2, 0.25) is 0 Å². The van der Waals surface area contributed by atoms with Crippen molar-refractivity contribution in [2.45, 2.75) is 24.1 Å². The molecule has 1 aromatic heterocycles. The van der Waals surface area contributed by atoms with Crippen LogP contribution in [0.2, 0.25) is 0 Å². The van der Waals surface area contributed by atoms with E-state index in [9.17, 15) is 26.3 Å². The number of hydrogen-bond acceptors (Lipinski definition) is 1. The van der Waals surface area contributed by atoms with Crippen LogP contribution in [0.5, 0.6) is 0 Å². The van der Waals surface area contributed by atoms with E-state index in [1.165, 1.54) is 12.1 Å². The van der Waals surface area contributed by atoms with E-state index in [2.05, 4.69) is 15.9 Å². The maximum absolute atomic E-state index is 12.4. The van der Waals surface area contributed by atoms with Crippen molar-refractivity contribution >= 4 is 27.3 Å². The van der Waals surface area contributed by atoms with Crippen molar-refractivity contribution < 1.29 is 26.3 Å². The number of thiophene rings is 1. The first kappa shape index (κ1) is 14.8. The van der Waals surface area contributed by atoms with Crippen molar-refractivity contribution in [3.05, 3.63) is 21.9 Å². The second-order valence-electron chi connectivity index (χ2n) is 3.41. The zero-order chi connectivity index (χ0) is 13.4. The molecule has 17 heavy (non-hydrogen) atoms. The lowest BCUT2D eigenvalue weighted by atomic mass is 10.0. The van der Waals surface area contributed by atoms with Crippen LogP contribution in [-0.4, -0.2) is 12.4 Å². The van der Waals surface area contributed by atoms with E-state index in [-0.39, 0.29) is 4.88 Å². The quantitative estimate of drug-likeness (QED) is 0.510. The summed E-state index contributed by atoms with van der Waals surface area (Å²) >= 11 is 3.42. The van der Waals surface area contributed by atoms with E-state index < -0.39 is 23.1 Å². The maximum atomic E-state index is 12.4. The number of aryl methyl sites for hydroxylation is 1. The van der Waals surface area contributed by atoms with Gasteiger partial charge in [0.15, 0.2) is 5.92 Å². The molecule has 0 N–H and O–H groups in total. The average molecular weight is 341 g/mol. The Bertz CT molecular complexity index is 366. The highest BCUT2D eigenvalue weighted by Gasteiger charge is 2.60. The van der Waals surface area contributed by atoms with E-state index in [0.29, 0.717) is 4.88 Å². The van der Waals surface area contributed by atoms with Gasteiger partial charge in [-0.3, -0.25) is 0 Å². The fourth-order valence-corrected chi connectivity index (χ4v) is 3.21. The lowest BCUT2D eigenvalue weighted by Crippen LogP contribution is -2.39. The van der Waals surface area contributed by atoms with Crippen LogP contribution in [0.1, 0.15) is 14.6 Å². The molecule has 0 bridgehead atoms. The molecule has 1 unspecified atom stereocenters. The summed E-state index contributed by atoms with van der Waals surface area (Å²) in [6.45, 7) is 1.62. The molecule has 0 saturated carbocycles. The van der Waals surface area contributed by atoms with Crippen molar-refractivity contribution in [2.75, 3.05) is 0 Å². The Hall–Kier alpha value is -0.240. The molecule has 0 aliphatic heterocycles. The van der Waals surface area contributed by atoms with Gasteiger partial charge in [0.1, 0.15) is 0 Å². The molecule has 1 heterocycles. The minimum atomic E-state index is -5.33. The normalized spacial score (nSPS) is 15.4. The van der Waals surface area contributed by atoms with E-state index in [4.69, 9.17) is 0 Å². The van der Waals surface area contributed by atoms with Gasteiger partial charge in [0.25, 0.3) is 0 Å². The SMILES string of the molecule is Cc1ccc(C(Br)C(C(F)(F)F)C(F)(F)F)s1. The van der Waals surface area contributed by atoms with Crippen molar-refractivity contribution in [1.82, 2.24) is 0 Å². The van der Waals surface area contributed by atoms with Gasteiger partial charge < -0.3 is 0 Å². The smallest absolute Gasteiger partial charge is 0.170 e. The molecule has 8 heteroatoms. The molecule has 0 spiro atoms. The van der Waals surface area contributed by atoms with Crippen molar-refractivity contribution in [1.29, 1.82) is 0 Å². The van der Waals surface area contributed by atoms with E-state index in [0.717, 1.165) is 11.3 Å². The lowest BCUT2D eigenvalue weighted by Gasteiger charge is -2.26.